The molecule has 53 heavy (non-hydrogen) atoms. The van der Waals surface area contributed by atoms with Gasteiger partial charge in [-0.1, -0.05) is 62.3 Å². The van der Waals surface area contributed by atoms with Crippen LogP contribution in [-0.4, -0.2) is 57.0 Å². The van der Waals surface area contributed by atoms with E-state index in [0.29, 0.717) is 34.2 Å². The second-order valence-corrected chi connectivity index (χ2v) is 19.9. The number of pyridine rings is 1. The molecule has 0 aliphatic rings. The number of benzene rings is 1. The van der Waals surface area contributed by atoms with Crippen molar-refractivity contribution in [2.75, 3.05) is 30.6 Å². The van der Waals surface area contributed by atoms with E-state index in [2.05, 4.69) is 88.0 Å². The molecule has 3 rings (SSSR count). The summed E-state index contributed by atoms with van der Waals surface area (Å²) in [6.45, 7) is 23.9. The maximum atomic E-state index is 11.9. The fraction of sp³-hybridized carbons (Fsp3) is 0.561. The summed E-state index contributed by atoms with van der Waals surface area (Å²) in [6.07, 6.45) is 10.6. The Bertz CT molecular complexity index is 1630. The molecule has 3 aromatic rings. The minimum absolute atomic E-state index is 0.0173. The van der Waals surface area contributed by atoms with Crippen molar-refractivity contribution in [3.8, 4) is 0 Å². The van der Waals surface area contributed by atoms with Crippen LogP contribution in [0.2, 0.25) is 0 Å². The number of carbonyl (C=O) groups is 3. The van der Waals surface area contributed by atoms with E-state index in [0.717, 1.165) is 62.7 Å². The maximum absolute atomic E-state index is 11.9. The van der Waals surface area contributed by atoms with E-state index >= 15 is 0 Å². The Morgan fingerprint density at radius 2 is 1.00 bits per heavy atom. The van der Waals surface area contributed by atoms with E-state index in [4.69, 9.17) is 0 Å². The number of hydrogen-bond acceptors (Lipinski definition) is 7. The summed E-state index contributed by atoms with van der Waals surface area (Å²) in [7, 11) is -3.29. The van der Waals surface area contributed by atoms with Crippen LogP contribution in [0.25, 0.3) is 0 Å². The number of aromatic nitrogens is 1. The van der Waals surface area contributed by atoms with Gasteiger partial charge >= 0.3 is 0 Å². The highest BCUT2D eigenvalue weighted by molar-refractivity contribution is 7.92. The van der Waals surface area contributed by atoms with Crippen LogP contribution in [0.15, 0.2) is 60.9 Å². The molecule has 4 N–H and O–H groups in total. The van der Waals surface area contributed by atoms with Gasteiger partial charge in [-0.25, -0.2) is 8.42 Å². The zero-order chi connectivity index (χ0) is 40.3. The highest BCUT2D eigenvalue weighted by atomic mass is 32.2. The summed E-state index contributed by atoms with van der Waals surface area (Å²) in [5.41, 5.74) is 2.59. The van der Waals surface area contributed by atoms with E-state index in [1.54, 1.807) is 60.1 Å². The number of amides is 3. The number of aryl methyl sites for hydroxylation is 1. The van der Waals surface area contributed by atoms with E-state index in [-0.39, 0.29) is 23.1 Å². The van der Waals surface area contributed by atoms with Crippen molar-refractivity contribution in [2.45, 2.75) is 108 Å². The molecule has 0 spiro atoms. The normalized spacial score (nSPS) is 11.6. The van der Waals surface area contributed by atoms with Gasteiger partial charge in [0.15, 0.2) is 0 Å². The molecular weight excluding hydrogens is 707 g/mol. The van der Waals surface area contributed by atoms with Crippen LogP contribution in [0.5, 0.6) is 0 Å². The predicted octanol–water partition coefficient (Wildman–Crippen LogP) is 8.86. The Morgan fingerprint density at radius 3 is 1.36 bits per heavy atom. The molecule has 12 heteroatoms. The molecule has 0 atom stereocenters. The van der Waals surface area contributed by atoms with Crippen LogP contribution in [0.4, 0.5) is 5.69 Å². The Balaban J connectivity index is 0.000000403. The molecule has 1 aromatic carbocycles. The molecule has 0 aliphatic carbocycles. The molecule has 0 saturated heterocycles. The molecule has 0 radical (unpaired) electrons. The Hall–Kier alpha value is -3.77. The first-order chi connectivity index (χ1) is 24.4. The third-order valence-corrected chi connectivity index (χ3v) is 9.13. The molecule has 296 valence electrons. The second kappa shape index (κ2) is 22.4. The number of hydrogen-bond donors (Lipinski definition) is 4. The van der Waals surface area contributed by atoms with Crippen molar-refractivity contribution < 1.29 is 22.8 Å². The molecule has 10 nitrogen and oxygen atoms in total. The zero-order valence-electron chi connectivity index (χ0n) is 33.9. The minimum Gasteiger partial charge on any atom is -0.352 e. The zero-order valence-corrected chi connectivity index (χ0v) is 35.6. The van der Waals surface area contributed by atoms with Crippen LogP contribution in [0, 0.1) is 23.2 Å². The van der Waals surface area contributed by atoms with E-state index < -0.39 is 10.0 Å². The first kappa shape index (κ1) is 47.3. The van der Waals surface area contributed by atoms with Gasteiger partial charge in [0.2, 0.25) is 10.0 Å². The van der Waals surface area contributed by atoms with Gasteiger partial charge in [0.25, 0.3) is 17.7 Å². The highest BCUT2D eigenvalue weighted by Gasteiger charge is 2.13. The van der Waals surface area contributed by atoms with Crippen molar-refractivity contribution in [3.63, 3.8) is 0 Å². The van der Waals surface area contributed by atoms with Gasteiger partial charge in [-0.3, -0.25) is 24.1 Å². The Morgan fingerprint density at radius 1 is 0.604 bits per heavy atom. The average Bonchev–Trinajstić information content (AvgIpc) is 3.49. The van der Waals surface area contributed by atoms with Crippen LogP contribution >= 0.6 is 11.3 Å². The largest absolute Gasteiger partial charge is 0.352 e. The minimum atomic E-state index is -3.29. The summed E-state index contributed by atoms with van der Waals surface area (Å²) in [5.74, 6) is -0.0990. The van der Waals surface area contributed by atoms with Gasteiger partial charge in [0.1, 0.15) is 0 Å². The molecular formula is C41H65N5O5S2. The lowest BCUT2D eigenvalue weighted by Crippen LogP contribution is -2.25. The fourth-order valence-electron chi connectivity index (χ4n) is 4.72. The van der Waals surface area contributed by atoms with E-state index in [1.807, 2.05) is 19.1 Å². The van der Waals surface area contributed by atoms with Crippen LogP contribution in [0.3, 0.4) is 0 Å². The molecule has 2 heterocycles. The lowest BCUT2D eigenvalue weighted by molar-refractivity contribution is 0.0943. The van der Waals surface area contributed by atoms with E-state index in [1.165, 1.54) is 4.88 Å². The lowest BCUT2D eigenvalue weighted by atomic mass is 9.90. The predicted molar refractivity (Wildman–Crippen MR) is 221 cm³/mol. The summed E-state index contributed by atoms with van der Waals surface area (Å²) in [4.78, 5) is 41.1. The maximum Gasteiger partial charge on any atom is 0.261 e. The molecule has 0 fully saturated rings. The summed E-state index contributed by atoms with van der Waals surface area (Å²) in [6, 6.07) is 13.7. The number of nitrogens with zero attached hydrogens (tertiary/aromatic N) is 1. The first-order valence-electron chi connectivity index (χ1n) is 18.3. The number of anilines is 1. The summed E-state index contributed by atoms with van der Waals surface area (Å²) in [5, 5.41) is 8.72. The molecule has 0 aliphatic heterocycles. The van der Waals surface area contributed by atoms with Gasteiger partial charge in [-0.15, -0.1) is 11.3 Å². The van der Waals surface area contributed by atoms with Crippen molar-refractivity contribution in [3.05, 3.63) is 81.8 Å². The third kappa shape index (κ3) is 25.0. The number of thiophene rings is 1. The number of carbonyl (C=O) groups excluding carboxylic acids is 3. The first-order valence-corrected chi connectivity index (χ1v) is 21.0. The standard InChI is InChI=1S/C15H24N2O3S.C13H20N2O.C13H21NOS/c1-15(2,3)10-5-11-16-14(18)12-6-8-13(9-7-12)17-21(4,19)20;1-13(2,3)7-4-8-15-12(16)11-5-9-14-10-6-11;1-10-6-7-11(16-10)12(15)14-9-5-8-13(2,3)4/h6-9,17H,5,10-11H2,1-4H3,(H,16,18);5-6,9-10H,4,7-8H2,1-3H3,(H,15,16);6-7H,5,8-9H2,1-4H3,(H,14,15). The van der Waals surface area contributed by atoms with Gasteiger partial charge in [0, 0.05) is 53.7 Å². The van der Waals surface area contributed by atoms with E-state index in [9.17, 15) is 22.8 Å². The SMILES string of the molecule is CC(C)(C)CCCNC(=O)c1ccc(NS(C)(=O)=O)cc1.CC(C)(C)CCCNC(=O)c1ccncc1.Cc1ccc(C(=O)NCCCC(C)(C)C)s1. The second-order valence-electron chi connectivity index (χ2n) is 16.9. The van der Waals surface area contributed by atoms with Crippen molar-refractivity contribution in [1.29, 1.82) is 0 Å². The van der Waals surface area contributed by atoms with Crippen molar-refractivity contribution in [2.24, 2.45) is 16.2 Å². The molecule has 0 bridgehead atoms. The van der Waals surface area contributed by atoms with Gasteiger partial charge in [0.05, 0.1) is 11.1 Å². The monoisotopic (exact) mass is 771 g/mol. The molecule has 2 aromatic heterocycles. The smallest absolute Gasteiger partial charge is 0.261 e. The number of sulfonamides is 1. The van der Waals surface area contributed by atoms with Gasteiger partial charge in [-0.2, -0.15) is 0 Å². The topological polar surface area (TPSA) is 146 Å². The molecule has 0 unspecified atom stereocenters. The highest BCUT2D eigenvalue weighted by Crippen LogP contribution is 2.21. The summed E-state index contributed by atoms with van der Waals surface area (Å²) >= 11 is 1.55. The average molecular weight is 772 g/mol. The van der Waals surface area contributed by atoms with Gasteiger partial charge in [-0.05, 0) is 110 Å². The quantitative estimate of drug-likeness (QED) is 0.121. The molecule has 3 amide bonds. The molecule has 0 saturated carbocycles. The van der Waals surface area contributed by atoms with Crippen molar-refractivity contribution in [1.82, 2.24) is 20.9 Å². The number of nitrogens with one attached hydrogen (secondary N) is 4. The lowest BCUT2D eigenvalue weighted by Gasteiger charge is -2.17. The number of rotatable bonds is 14. The Kier molecular flexibility index (Phi) is 20.0. The Labute approximate surface area is 323 Å². The van der Waals surface area contributed by atoms with Crippen LogP contribution in [-0.2, 0) is 10.0 Å². The summed E-state index contributed by atoms with van der Waals surface area (Å²) < 4.78 is 24.5. The van der Waals surface area contributed by atoms with Crippen molar-refractivity contribution >= 4 is 44.8 Å². The third-order valence-electron chi connectivity index (χ3n) is 7.52. The van der Waals surface area contributed by atoms with Crippen LogP contribution in [0.1, 0.15) is 136 Å². The van der Waals surface area contributed by atoms with Crippen LogP contribution < -0.4 is 20.7 Å². The fourth-order valence-corrected chi connectivity index (χ4v) is 6.06. The van der Waals surface area contributed by atoms with Gasteiger partial charge < -0.3 is 16.0 Å².